The molecule has 1 atom stereocenters. The Morgan fingerprint density at radius 3 is 2.62 bits per heavy atom. The number of carbonyl (C=O) groups excluding carboxylic acids is 2. The van der Waals surface area contributed by atoms with Gasteiger partial charge in [-0.1, -0.05) is 12.1 Å². The molecule has 0 saturated heterocycles. The molecule has 0 bridgehead atoms. The molecule has 1 amide bonds. The fourth-order valence-corrected chi connectivity index (χ4v) is 3.92. The number of fused-ring (bicyclic) bond motifs is 2. The molecule has 0 unspecified atom stereocenters. The predicted molar refractivity (Wildman–Crippen MR) is 111 cm³/mol. The first-order valence-electron chi connectivity index (χ1n) is 9.02. The second-order valence-corrected chi connectivity index (χ2v) is 7.60. The van der Waals surface area contributed by atoms with Gasteiger partial charge in [0.1, 0.15) is 5.01 Å². The van der Waals surface area contributed by atoms with Gasteiger partial charge in [0.25, 0.3) is 5.91 Å². The lowest BCUT2D eigenvalue weighted by molar-refractivity contribution is -0.135. The second-order valence-electron chi connectivity index (χ2n) is 6.54. The fourth-order valence-electron chi connectivity index (χ4n) is 2.85. The first kappa shape index (κ1) is 18.9. The van der Waals surface area contributed by atoms with Crippen LogP contribution < -0.4 is 0 Å². The van der Waals surface area contributed by atoms with Crippen LogP contribution in [0, 0.1) is 0 Å². The molecule has 2 heterocycles. The number of amides is 1. The summed E-state index contributed by atoms with van der Waals surface area (Å²) in [6.45, 7) is 1.56. The summed E-state index contributed by atoms with van der Waals surface area (Å²) in [6, 6.07) is 12.5. The molecule has 0 spiro atoms. The molecule has 0 N–H and O–H groups in total. The minimum Gasteiger partial charge on any atom is -0.452 e. The van der Waals surface area contributed by atoms with Gasteiger partial charge in [0.15, 0.2) is 6.61 Å². The number of thiazole rings is 1. The summed E-state index contributed by atoms with van der Waals surface area (Å²) in [6.07, 6.45) is 3.14. The largest absolute Gasteiger partial charge is 0.452 e. The maximum atomic E-state index is 12.5. The van der Waals surface area contributed by atoms with E-state index in [2.05, 4.69) is 15.0 Å². The predicted octanol–water partition coefficient (Wildman–Crippen LogP) is 3.62. The van der Waals surface area contributed by atoms with Gasteiger partial charge < -0.3 is 9.64 Å². The van der Waals surface area contributed by atoms with Crippen molar-refractivity contribution in [1.82, 2.24) is 19.9 Å². The Balaban J connectivity index is 1.40. The monoisotopic (exact) mass is 406 g/mol. The van der Waals surface area contributed by atoms with E-state index in [1.54, 1.807) is 49.0 Å². The Kier molecular flexibility index (Phi) is 5.18. The number of carbonyl (C=O) groups is 2. The van der Waals surface area contributed by atoms with Crippen LogP contribution in [0.15, 0.2) is 54.9 Å². The van der Waals surface area contributed by atoms with Crippen molar-refractivity contribution >= 4 is 44.5 Å². The highest BCUT2D eigenvalue weighted by molar-refractivity contribution is 7.18. The summed E-state index contributed by atoms with van der Waals surface area (Å²) < 4.78 is 6.28. The summed E-state index contributed by atoms with van der Waals surface area (Å²) in [7, 11) is 1.68. The first-order chi connectivity index (χ1) is 14.0. The highest BCUT2D eigenvalue weighted by Crippen LogP contribution is 2.28. The lowest BCUT2D eigenvalue weighted by atomic mass is 10.2. The number of likely N-dealkylation sites (N-methyl/N-ethyl adjacent to an activating group) is 1. The number of benzene rings is 2. The van der Waals surface area contributed by atoms with E-state index in [9.17, 15) is 9.59 Å². The summed E-state index contributed by atoms with van der Waals surface area (Å²) in [5.74, 6) is -0.877. The Morgan fingerprint density at radius 2 is 1.83 bits per heavy atom. The Hall–Kier alpha value is -3.39. The number of ether oxygens (including phenoxy) is 1. The highest BCUT2D eigenvalue weighted by atomic mass is 32.1. The van der Waals surface area contributed by atoms with Crippen molar-refractivity contribution < 1.29 is 14.3 Å². The van der Waals surface area contributed by atoms with Crippen molar-refractivity contribution in [2.45, 2.75) is 13.0 Å². The van der Waals surface area contributed by atoms with E-state index in [0.717, 1.165) is 15.2 Å². The lowest BCUT2D eigenvalue weighted by Crippen LogP contribution is -2.33. The number of hydrogen-bond acceptors (Lipinski definition) is 7. The molecule has 4 rings (SSSR count). The zero-order valence-corrected chi connectivity index (χ0v) is 16.7. The number of hydrogen-bond donors (Lipinski definition) is 0. The van der Waals surface area contributed by atoms with Gasteiger partial charge in [0.2, 0.25) is 0 Å². The third kappa shape index (κ3) is 3.93. The third-order valence-corrected chi connectivity index (χ3v) is 5.88. The summed E-state index contributed by atoms with van der Waals surface area (Å²) in [5, 5.41) is 0.835. The minimum atomic E-state index is -0.577. The molecule has 29 heavy (non-hydrogen) atoms. The zero-order chi connectivity index (χ0) is 20.4. The lowest BCUT2D eigenvalue weighted by Gasteiger charge is -2.23. The Labute approximate surface area is 171 Å². The van der Waals surface area contributed by atoms with Crippen LogP contribution in [0.25, 0.3) is 21.3 Å². The van der Waals surface area contributed by atoms with E-state index in [4.69, 9.17) is 4.74 Å². The van der Waals surface area contributed by atoms with Gasteiger partial charge in [-0.3, -0.25) is 14.8 Å². The topological polar surface area (TPSA) is 85.3 Å². The van der Waals surface area contributed by atoms with Crippen molar-refractivity contribution in [3.63, 3.8) is 0 Å². The quantitative estimate of drug-likeness (QED) is 0.471. The van der Waals surface area contributed by atoms with Crippen LogP contribution in [0.5, 0.6) is 0 Å². The average molecular weight is 406 g/mol. The standard InChI is InChI=1S/C21H18N4O3S/c1-13(20-24-16-5-3-4-6-18(16)29-20)25(2)19(26)12-28-21(27)14-7-8-15-17(11-14)23-10-9-22-15/h3-11,13H,12H2,1-2H3/t13-/m1/s1. The van der Waals surface area contributed by atoms with Gasteiger partial charge in [0.05, 0.1) is 32.9 Å². The van der Waals surface area contributed by atoms with Gasteiger partial charge >= 0.3 is 5.97 Å². The van der Waals surface area contributed by atoms with Crippen LogP contribution in [-0.2, 0) is 9.53 Å². The van der Waals surface area contributed by atoms with E-state index >= 15 is 0 Å². The van der Waals surface area contributed by atoms with Gasteiger partial charge in [0, 0.05) is 19.4 Å². The molecule has 2 aromatic heterocycles. The Bertz CT molecular complexity index is 1170. The number of rotatable bonds is 5. The molecule has 0 radical (unpaired) electrons. The highest BCUT2D eigenvalue weighted by Gasteiger charge is 2.22. The number of esters is 1. The van der Waals surface area contributed by atoms with Gasteiger partial charge in [-0.25, -0.2) is 9.78 Å². The van der Waals surface area contributed by atoms with Crippen LogP contribution in [0.4, 0.5) is 0 Å². The van der Waals surface area contributed by atoms with Crippen molar-refractivity contribution in [3.8, 4) is 0 Å². The maximum Gasteiger partial charge on any atom is 0.338 e. The second kappa shape index (κ2) is 7.92. The van der Waals surface area contributed by atoms with Gasteiger partial charge in [-0.15, -0.1) is 11.3 Å². The van der Waals surface area contributed by atoms with E-state index in [0.29, 0.717) is 16.6 Å². The van der Waals surface area contributed by atoms with E-state index in [1.165, 1.54) is 4.90 Å². The molecule has 0 aliphatic rings. The van der Waals surface area contributed by atoms with E-state index in [1.807, 2.05) is 31.2 Å². The molecule has 4 aromatic rings. The normalized spacial score (nSPS) is 12.1. The van der Waals surface area contributed by atoms with Crippen LogP contribution in [0.2, 0.25) is 0 Å². The van der Waals surface area contributed by atoms with Gasteiger partial charge in [-0.05, 0) is 37.3 Å². The summed E-state index contributed by atoms with van der Waals surface area (Å²) in [4.78, 5) is 39.3. The summed E-state index contributed by atoms with van der Waals surface area (Å²) >= 11 is 1.55. The molecule has 146 valence electrons. The molecule has 0 aliphatic carbocycles. The first-order valence-corrected chi connectivity index (χ1v) is 9.83. The van der Waals surface area contributed by atoms with Crippen molar-refractivity contribution in [2.75, 3.05) is 13.7 Å². The molecule has 8 heteroatoms. The van der Waals surface area contributed by atoms with Crippen LogP contribution >= 0.6 is 11.3 Å². The molecule has 0 aliphatic heterocycles. The smallest absolute Gasteiger partial charge is 0.338 e. The number of aromatic nitrogens is 3. The van der Waals surface area contributed by atoms with Crippen molar-refractivity contribution in [1.29, 1.82) is 0 Å². The fraction of sp³-hybridized carbons (Fsp3) is 0.190. The average Bonchev–Trinajstić information content (AvgIpc) is 3.20. The molecule has 0 saturated carbocycles. The van der Waals surface area contributed by atoms with Crippen LogP contribution in [0.3, 0.4) is 0 Å². The third-order valence-electron chi connectivity index (χ3n) is 4.67. The molecular formula is C21H18N4O3S. The molecule has 0 fully saturated rings. The number of para-hydroxylation sites is 1. The van der Waals surface area contributed by atoms with Crippen molar-refractivity contribution in [3.05, 3.63) is 65.4 Å². The van der Waals surface area contributed by atoms with Crippen molar-refractivity contribution in [2.24, 2.45) is 0 Å². The van der Waals surface area contributed by atoms with Crippen LogP contribution in [-0.4, -0.2) is 45.4 Å². The molecule has 2 aromatic carbocycles. The summed E-state index contributed by atoms with van der Waals surface area (Å²) in [5.41, 5.74) is 2.51. The Morgan fingerprint density at radius 1 is 1.07 bits per heavy atom. The van der Waals surface area contributed by atoms with Crippen LogP contribution in [0.1, 0.15) is 28.3 Å². The molecule has 7 nitrogen and oxygen atoms in total. The van der Waals surface area contributed by atoms with E-state index < -0.39 is 5.97 Å². The zero-order valence-electron chi connectivity index (χ0n) is 15.9. The van der Waals surface area contributed by atoms with Gasteiger partial charge in [-0.2, -0.15) is 0 Å². The molecular weight excluding hydrogens is 388 g/mol. The minimum absolute atomic E-state index is 0.227. The number of nitrogens with zero attached hydrogens (tertiary/aromatic N) is 4. The maximum absolute atomic E-state index is 12.5. The SMILES string of the molecule is C[C@H](c1nc2ccccc2s1)N(C)C(=O)COC(=O)c1ccc2nccnc2c1. The van der Waals surface area contributed by atoms with E-state index in [-0.39, 0.29) is 18.6 Å².